The van der Waals surface area contributed by atoms with Gasteiger partial charge >= 0.3 is 5.97 Å². The number of fused-ring (bicyclic) bond motifs is 1. The summed E-state index contributed by atoms with van der Waals surface area (Å²) in [4.78, 5) is 19.8. The van der Waals surface area contributed by atoms with E-state index < -0.39 is 11.8 Å². The first kappa shape index (κ1) is 27.8. The van der Waals surface area contributed by atoms with E-state index in [9.17, 15) is 9.18 Å². The Morgan fingerprint density at radius 1 is 0.929 bits per heavy atom. The maximum atomic E-state index is 13.3. The van der Waals surface area contributed by atoms with Crippen molar-refractivity contribution < 1.29 is 14.0 Å². The fraction of sp³-hybridized carbons (Fsp3) is 0.0857. The summed E-state index contributed by atoms with van der Waals surface area (Å²) < 4.78 is 15.6. The summed E-state index contributed by atoms with van der Waals surface area (Å²) in [5, 5.41) is 4.75. The number of rotatable bonds is 7. The topological polar surface area (TPSA) is 43.6 Å². The maximum absolute atomic E-state index is 13.3. The number of aromatic nitrogens is 1. The molecule has 0 unspecified atom stereocenters. The molecule has 0 spiro atoms. The molecule has 4 aromatic carbocycles. The van der Waals surface area contributed by atoms with E-state index in [-0.39, 0.29) is 5.56 Å². The molecule has 7 heteroatoms. The molecule has 0 atom stereocenters. The van der Waals surface area contributed by atoms with Crippen molar-refractivity contribution in [3.8, 4) is 16.9 Å². The molecule has 4 nitrogen and oxygen atoms in total. The maximum Gasteiger partial charge on any atom is 0.365 e. The highest BCUT2D eigenvalue weighted by Gasteiger charge is 2.26. The van der Waals surface area contributed by atoms with Crippen molar-refractivity contribution in [2.24, 2.45) is 5.16 Å². The van der Waals surface area contributed by atoms with Crippen LogP contribution in [0.2, 0.25) is 5.02 Å². The van der Waals surface area contributed by atoms with Crippen molar-refractivity contribution in [1.82, 2.24) is 4.57 Å². The van der Waals surface area contributed by atoms with Crippen LogP contribution in [-0.4, -0.2) is 16.8 Å². The predicted octanol–water partition coefficient (Wildman–Crippen LogP) is 9.54. The smallest absolute Gasteiger partial charge is 0.313 e. The lowest BCUT2D eigenvalue weighted by Gasteiger charge is -2.21. The minimum absolute atomic E-state index is 0.232. The molecule has 0 aliphatic heterocycles. The van der Waals surface area contributed by atoms with E-state index in [1.165, 1.54) is 35.5 Å². The van der Waals surface area contributed by atoms with Crippen LogP contribution in [0.15, 0.2) is 125 Å². The van der Waals surface area contributed by atoms with Gasteiger partial charge in [-0.25, -0.2) is 9.18 Å². The number of allylic oxidation sites excluding steroid dienone is 1. The lowest BCUT2D eigenvalue weighted by atomic mass is 9.97. The second-order valence-electron chi connectivity index (χ2n) is 9.96. The second kappa shape index (κ2) is 12.2. The number of carbonyl (C=O) groups is 1. The van der Waals surface area contributed by atoms with Crippen LogP contribution in [0, 0.1) is 12.7 Å². The van der Waals surface area contributed by atoms with E-state index in [0.717, 1.165) is 44.3 Å². The highest BCUT2D eigenvalue weighted by atomic mass is 35.5. The van der Waals surface area contributed by atoms with E-state index in [1.54, 1.807) is 18.0 Å². The Balaban J connectivity index is 1.44. The zero-order valence-corrected chi connectivity index (χ0v) is 24.3. The van der Waals surface area contributed by atoms with Gasteiger partial charge in [0.1, 0.15) is 5.82 Å². The number of benzene rings is 4. The molecule has 5 aromatic rings. The zero-order chi connectivity index (χ0) is 29.1. The van der Waals surface area contributed by atoms with Gasteiger partial charge < -0.3 is 9.40 Å². The van der Waals surface area contributed by atoms with Crippen molar-refractivity contribution in [2.75, 3.05) is 0 Å². The van der Waals surface area contributed by atoms with Crippen LogP contribution in [0.25, 0.3) is 21.8 Å². The molecular formula is C35H26ClFN2O2S. The zero-order valence-electron chi connectivity index (χ0n) is 22.8. The summed E-state index contributed by atoms with van der Waals surface area (Å²) in [5.74, 6) is -1.06. The lowest BCUT2D eigenvalue weighted by Crippen LogP contribution is -2.09. The third kappa shape index (κ3) is 5.96. The van der Waals surface area contributed by atoms with Crippen LogP contribution in [-0.2, 0) is 11.3 Å². The molecule has 1 aliphatic carbocycles. The van der Waals surface area contributed by atoms with Crippen molar-refractivity contribution in [1.29, 1.82) is 0 Å². The SMILES string of the molecule is Cc1ccc(SC2=C(/C=N\OC(=O)c3ccc(F)cc3)CCc3c2cc(-c2ccccc2)n3-c2ccc(Cl)cc2)cc1. The average molecular weight is 593 g/mol. The highest BCUT2D eigenvalue weighted by Crippen LogP contribution is 2.45. The van der Waals surface area contributed by atoms with Crippen LogP contribution in [0.3, 0.4) is 0 Å². The second-order valence-corrected chi connectivity index (χ2v) is 11.5. The van der Waals surface area contributed by atoms with Gasteiger partial charge in [-0.05, 0) is 97.6 Å². The Labute approximate surface area is 253 Å². The highest BCUT2D eigenvalue weighted by molar-refractivity contribution is 8.08. The van der Waals surface area contributed by atoms with Crippen LogP contribution in [0.1, 0.15) is 33.6 Å². The van der Waals surface area contributed by atoms with E-state index in [2.05, 4.69) is 59.1 Å². The summed E-state index contributed by atoms with van der Waals surface area (Å²) in [6.07, 6.45) is 3.09. The Bertz CT molecular complexity index is 1790. The van der Waals surface area contributed by atoms with Gasteiger partial charge in [0.2, 0.25) is 0 Å². The number of hydrogen-bond donors (Lipinski definition) is 0. The molecule has 0 fully saturated rings. The number of halogens is 2. The standard InChI is InChI=1S/C35H26ClFN2O2S/c1-23-7-18-30(19-8-23)42-34-26(22-38-41-35(40)25-9-14-28(37)15-10-25)11-20-32-31(34)21-33(24-5-3-2-4-6-24)39(32)29-16-12-27(36)13-17-29/h2-10,12-19,21-22H,11,20H2,1H3/b38-22-. The van der Waals surface area contributed by atoms with Crippen LogP contribution >= 0.6 is 23.4 Å². The first-order chi connectivity index (χ1) is 20.5. The molecule has 1 aromatic heterocycles. The van der Waals surface area contributed by atoms with Crippen molar-refractivity contribution >= 4 is 40.5 Å². The molecule has 0 saturated carbocycles. The number of oxime groups is 1. The number of carbonyl (C=O) groups excluding carboxylic acids is 1. The number of aryl methyl sites for hydroxylation is 1. The van der Waals surface area contributed by atoms with Crippen LogP contribution in [0.5, 0.6) is 0 Å². The van der Waals surface area contributed by atoms with E-state index in [1.807, 2.05) is 42.5 Å². The van der Waals surface area contributed by atoms with Gasteiger partial charge in [-0.1, -0.05) is 76.5 Å². The summed E-state index contributed by atoms with van der Waals surface area (Å²) >= 11 is 7.91. The Morgan fingerprint density at radius 3 is 2.36 bits per heavy atom. The van der Waals surface area contributed by atoms with Crippen LogP contribution < -0.4 is 0 Å². The van der Waals surface area contributed by atoms with Gasteiger partial charge in [0.05, 0.1) is 17.5 Å². The molecule has 0 saturated heterocycles. The minimum atomic E-state index is -0.642. The summed E-state index contributed by atoms with van der Waals surface area (Å²) in [6, 6.07) is 34.1. The Kier molecular flexibility index (Phi) is 8.08. The van der Waals surface area contributed by atoms with Crippen LogP contribution in [0.4, 0.5) is 4.39 Å². The molecule has 42 heavy (non-hydrogen) atoms. The Morgan fingerprint density at radius 2 is 1.64 bits per heavy atom. The van der Waals surface area contributed by atoms with Crippen molar-refractivity contribution in [3.05, 3.63) is 148 Å². The normalized spacial score (nSPS) is 12.9. The molecule has 0 radical (unpaired) electrons. The molecule has 208 valence electrons. The van der Waals surface area contributed by atoms with Crippen molar-refractivity contribution in [2.45, 2.75) is 24.7 Å². The largest absolute Gasteiger partial charge is 0.365 e. The summed E-state index contributed by atoms with van der Waals surface area (Å²) in [5.41, 5.74) is 7.88. The quantitative estimate of drug-likeness (QED) is 0.107. The molecule has 0 bridgehead atoms. The first-order valence-corrected chi connectivity index (χ1v) is 14.7. The van der Waals surface area contributed by atoms with Gasteiger partial charge in [-0.3, -0.25) is 0 Å². The van der Waals surface area contributed by atoms with Crippen molar-refractivity contribution in [3.63, 3.8) is 0 Å². The average Bonchev–Trinajstić information content (AvgIpc) is 3.40. The molecule has 1 aliphatic rings. The van der Waals surface area contributed by atoms with Gasteiger partial charge in [0.25, 0.3) is 0 Å². The molecule has 6 rings (SSSR count). The van der Waals surface area contributed by atoms with E-state index >= 15 is 0 Å². The monoisotopic (exact) mass is 592 g/mol. The predicted molar refractivity (Wildman–Crippen MR) is 169 cm³/mol. The molecular weight excluding hydrogens is 567 g/mol. The van der Waals surface area contributed by atoms with E-state index in [0.29, 0.717) is 11.4 Å². The summed E-state index contributed by atoms with van der Waals surface area (Å²) in [7, 11) is 0. The van der Waals surface area contributed by atoms with E-state index in [4.69, 9.17) is 16.4 Å². The number of nitrogens with zero attached hydrogens (tertiary/aromatic N) is 2. The number of thioether (sulfide) groups is 1. The first-order valence-electron chi connectivity index (χ1n) is 13.5. The van der Waals surface area contributed by atoms with Gasteiger partial charge in [0.15, 0.2) is 0 Å². The molecule has 0 amide bonds. The van der Waals surface area contributed by atoms with Gasteiger partial charge in [0, 0.05) is 31.8 Å². The number of hydrogen-bond acceptors (Lipinski definition) is 4. The Hall–Kier alpha value is -4.39. The third-order valence-electron chi connectivity index (χ3n) is 7.09. The lowest BCUT2D eigenvalue weighted by molar-refractivity contribution is 0.0519. The van der Waals surface area contributed by atoms with Gasteiger partial charge in [-0.2, -0.15) is 0 Å². The fourth-order valence-corrected chi connectivity index (χ4v) is 6.19. The summed E-state index contributed by atoms with van der Waals surface area (Å²) in [6.45, 7) is 2.07. The molecule has 0 N–H and O–H groups in total. The minimum Gasteiger partial charge on any atom is -0.313 e. The van der Waals surface area contributed by atoms with Gasteiger partial charge in [-0.15, -0.1) is 0 Å². The molecule has 1 heterocycles. The third-order valence-corrected chi connectivity index (χ3v) is 8.54. The fourth-order valence-electron chi connectivity index (χ4n) is 4.98.